The Hall–Kier alpha value is -1.75. The predicted molar refractivity (Wildman–Crippen MR) is 109 cm³/mol. The van der Waals surface area contributed by atoms with Gasteiger partial charge in [-0.2, -0.15) is 0 Å². The zero-order valence-corrected chi connectivity index (χ0v) is 17.1. The molecular weight excluding hydrogens is 352 g/mol. The molecule has 0 unspecified atom stereocenters. The summed E-state index contributed by atoms with van der Waals surface area (Å²) in [5.74, 6) is 2.77. The largest absolute Gasteiger partial charge is 0.508 e. The fourth-order valence-corrected chi connectivity index (χ4v) is 5.51. The molecule has 154 valence electrons. The number of methoxy groups -OCH3 is 1. The lowest BCUT2D eigenvalue weighted by Crippen LogP contribution is -2.56. The van der Waals surface area contributed by atoms with Gasteiger partial charge in [0, 0.05) is 44.2 Å². The van der Waals surface area contributed by atoms with Gasteiger partial charge in [0.25, 0.3) is 0 Å². The van der Waals surface area contributed by atoms with Crippen LogP contribution in [0.1, 0.15) is 56.9 Å². The van der Waals surface area contributed by atoms with E-state index in [2.05, 4.69) is 9.80 Å². The number of phenols is 1. The van der Waals surface area contributed by atoms with Crippen LogP contribution in [0.15, 0.2) is 18.2 Å². The number of benzene rings is 1. The number of carbonyl (C=O) groups is 1. The number of fused-ring (bicyclic) bond motifs is 1. The van der Waals surface area contributed by atoms with Crippen LogP contribution in [-0.2, 0) is 11.3 Å². The second-order valence-electron chi connectivity index (χ2n) is 8.93. The number of nitrogens with zero attached hydrogens (tertiary/aromatic N) is 2. The van der Waals surface area contributed by atoms with Gasteiger partial charge in [0.1, 0.15) is 11.5 Å². The smallest absolute Gasteiger partial charge is 0.222 e. The lowest BCUT2D eigenvalue weighted by molar-refractivity contribution is -0.142. The van der Waals surface area contributed by atoms with Crippen molar-refractivity contribution in [2.24, 2.45) is 11.8 Å². The monoisotopic (exact) mass is 386 g/mol. The summed E-state index contributed by atoms with van der Waals surface area (Å²) in [5, 5.41) is 10.2. The van der Waals surface area contributed by atoms with E-state index >= 15 is 0 Å². The number of hydrogen-bond acceptors (Lipinski definition) is 4. The molecule has 1 aliphatic carbocycles. The van der Waals surface area contributed by atoms with Gasteiger partial charge in [-0.3, -0.25) is 9.69 Å². The first-order valence-electron chi connectivity index (χ1n) is 11.0. The molecule has 1 amide bonds. The maximum Gasteiger partial charge on any atom is 0.222 e. The molecule has 0 aromatic heterocycles. The van der Waals surface area contributed by atoms with Crippen molar-refractivity contribution < 1.29 is 14.6 Å². The van der Waals surface area contributed by atoms with Crippen molar-refractivity contribution in [1.29, 1.82) is 0 Å². The Morgan fingerprint density at radius 3 is 2.75 bits per heavy atom. The Kier molecular flexibility index (Phi) is 6.10. The summed E-state index contributed by atoms with van der Waals surface area (Å²) < 4.78 is 5.31. The molecule has 0 spiro atoms. The summed E-state index contributed by atoms with van der Waals surface area (Å²) in [6.07, 6.45) is 9.37. The van der Waals surface area contributed by atoms with Crippen molar-refractivity contribution in [3.05, 3.63) is 23.8 Å². The summed E-state index contributed by atoms with van der Waals surface area (Å²) in [6, 6.07) is 5.85. The minimum Gasteiger partial charge on any atom is -0.508 e. The Morgan fingerprint density at radius 2 is 1.96 bits per heavy atom. The van der Waals surface area contributed by atoms with E-state index in [1.807, 2.05) is 6.07 Å². The van der Waals surface area contributed by atoms with Crippen LogP contribution in [0, 0.1) is 11.8 Å². The Bertz CT molecular complexity index is 686. The van der Waals surface area contributed by atoms with Gasteiger partial charge in [0.15, 0.2) is 0 Å². The van der Waals surface area contributed by atoms with Gasteiger partial charge >= 0.3 is 0 Å². The SMILES string of the molecule is COc1ccc(O)c(CN2CC[C@H]3[C@H](CCC(=O)N3CC3CCCCC3)C2)c1. The fourth-order valence-electron chi connectivity index (χ4n) is 5.51. The number of likely N-dealkylation sites (tertiary alicyclic amines) is 2. The summed E-state index contributed by atoms with van der Waals surface area (Å²) in [5.41, 5.74) is 0.920. The minimum atomic E-state index is 0.334. The number of hydrogen-bond donors (Lipinski definition) is 1. The van der Waals surface area contributed by atoms with Crippen molar-refractivity contribution in [1.82, 2.24) is 9.80 Å². The highest BCUT2D eigenvalue weighted by molar-refractivity contribution is 5.77. The molecule has 1 aromatic carbocycles. The zero-order valence-electron chi connectivity index (χ0n) is 17.1. The molecule has 2 saturated heterocycles. The lowest BCUT2D eigenvalue weighted by atomic mass is 9.81. The van der Waals surface area contributed by atoms with Gasteiger partial charge in [-0.1, -0.05) is 19.3 Å². The summed E-state index contributed by atoms with van der Waals surface area (Å²) in [4.78, 5) is 17.4. The van der Waals surface area contributed by atoms with E-state index in [1.54, 1.807) is 19.2 Å². The van der Waals surface area contributed by atoms with Crippen molar-refractivity contribution in [3.8, 4) is 11.5 Å². The highest BCUT2D eigenvalue weighted by Gasteiger charge is 2.40. The molecular formula is C23H34N2O3. The molecule has 1 N–H and O–H groups in total. The van der Waals surface area contributed by atoms with Crippen molar-refractivity contribution >= 4 is 5.91 Å². The zero-order chi connectivity index (χ0) is 19.5. The number of rotatable bonds is 5. The summed E-state index contributed by atoms with van der Waals surface area (Å²) in [6.45, 7) is 3.71. The van der Waals surface area contributed by atoms with E-state index in [0.717, 1.165) is 50.3 Å². The highest BCUT2D eigenvalue weighted by Crippen LogP contribution is 2.35. The maximum absolute atomic E-state index is 12.7. The molecule has 2 atom stereocenters. The average molecular weight is 387 g/mol. The maximum atomic E-state index is 12.7. The highest BCUT2D eigenvalue weighted by atomic mass is 16.5. The molecule has 2 heterocycles. The van der Waals surface area contributed by atoms with Crippen LogP contribution >= 0.6 is 0 Å². The molecule has 5 heteroatoms. The molecule has 3 aliphatic rings. The first-order chi connectivity index (χ1) is 13.6. The molecule has 2 aliphatic heterocycles. The fraction of sp³-hybridized carbons (Fsp3) is 0.696. The number of piperidine rings is 2. The summed E-state index contributed by atoms with van der Waals surface area (Å²) in [7, 11) is 1.65. The number of phenolic OH excluding ortho intramolecular Hbond substituents is 1. The van der Waals surface area contributed by atoms with E-state index in [0.29, 0.717) is 36.0 Å². The van der Waals surface area contributed by atoms with E-state index in [1.165, 1.54) is 32.1 Å². The van der Waals surface area contributed by atoms with Crippen LogP contribution in [-0.4, -0.2) is 53.6 Å². The van der Waals surface area contributed by atoms with Gasteiger partial charge < -0.3 is 14.7 Å². The van der Waals surface area contributed by atoms with Crippen LogP contribution in [0.25, 0.3) is 0 Å². The number of aromatic hydroxyl groups is 1. The molecule has 0 bridgehead atoms. The van der Waals surface area contributed by atoms with E-state index in [-0.39, 0.29) is 0 Å². The van der Waals surface area contributed by atoms with Gasteiger partial charge in [-0.25, -0.2) is 0 Å². The van der Waals surface area contributed by atoms with Crippen LogP contribution in [0.5, 0.6) is 11.5 Å². The van der Waals surface area contributed by atoms with Crippen LogP contribution in [0.2, 0.25) is 0 Å². The van der Waals surface area contributed by atoms with Crippen molar-refractivity contribution in [3.63, 3.8) is 0 Å². The van der Waals surface area contributed by atoms with Gasteiger partial charge in [0.2, 0.25) is 5.91 Å². The minimum absolute atomic E-state index is 0.334. The van der Waals surface area contributed by atoms with Gasteiger partial charge in [-0.05, 0) is 55.7 Å². The lowest BCUT2D eigenvalue weighted by Gasteiger charge is -2.48. The molecule has 5 nitrogen and oxygen atoms in total. The van der Waals surface area contributed by atoms with Crippen LogP contribution < -0.4 is 4.74 Å². The van der Waals surface area contributed by atoms with Gasteiger partial charge in [-0.15, -0.1) is 0 Å². The molecule has 28 heavy (non-hydrogen) atoms. The Morgan fingerprint density at radius 1 is 1.14 bits per heavy atom. The molecule has 0 radical (unpaired) electrons. The van der Waals surface area contributed by atoms with Crippen LogP contribution in [0.3, 0.4) is 0 Å². The van der Waals surface area contributed by atoms with E-state index in [4.69, 9.17) is 4.74 Å². The molecule has 1 saturated carbocycles. The third kappa shape index (κ3) is 4.29. The second kappa shape index (κ2) is 8.73. The number of amides is 1. The van der Waals surface area contributed by atoms with Crippen molar-refractivity contribution in [2.45, 2.75) is 64.0 Å². The summed E-state index contributed by atoms with van der Waals surface area (Å²) >= 11 is 0. The standard InChI is InChI=1S/C23H34N2O3/c1-28-20-8-9-22(26)19(13-20)16-24-12-11-21-18(15-24)7-10-23(27)25(21)14-17-5-3-2-4-6-17/h8-9,13,17-18,21,26H,2-7,10-12,14-16H2,1H3/t18-,21+/m1/s1. The molecule has 3 fully saturated rings. The normalized spacial score (nSPS) is 26.9. The van der Waals surface area contributed by atoms with Gasteiger partial charge in [0.05, 0.1) is 7.11 Å². The number of carbonyl (C=O) groups excluding carboxylic acids is 1. The Balaban J connectivity index is 1.39. The predicted octanol–water partition coefficient (Wildman–Crippen LogP) is 3.79. The topological polar surface area (TPSA) is 53.0 Å². The molecule has 4 rings (SSSR count). The third-order valence-corrected chi connectivity index (χ3v) is 7.09. The first kappa shape index (κ1) is 19.6. The third-order valence-electron chi connectivity index (χ3n) is 7.09. The Labute approximate surface area is 168 Å². The average Bonchev–Trinajstić information content (AvgIpc) is 2.72. The number of ether oxygens (including phenoxy) is 1. The van der Waals surface area contributed by atoms with E-state index in [9.17, 15) is 9.90 Å². The quantitative estimate of drug-likeness (QED) is 0.836. The first-order valence-corrected chi connectivity index (χ1v) is 11.0. The van der Waals surface area contributed by atoms with Crippen LogP contribution in [0.4, 0.5) is 0 Å². The van der Waals surface area contributed by atoms with E-state index < -0.39 is 0 Å². The second-order valence-corrected chi connectivity index (χ2v) is 8.93. The van der Waals surface area contributed by atoms with Crippen molar-refractivity contribution in [2.75, 3.05) is 26.7 Å². The molecule has 1 aromatic rings.